The largest absolute Gasteiger partial charge is 0.507 e. The number of aliphatic hydroxyl groups is 4. The summed E-state index contributed by atoms with van der Waals surface area (Å²) in [5.74, 6) is -0.496. The van der Waals surface area contributed by atoms with Crippen LogP contribution in [-0.4, -0.2) is 68.6 Å². The minimum Gasteiger partial charge on any atom is -0.507 e. The van der Waals surface area contributed by atoms with E-state index in [0.717, 1.165) is 5.56 Å². The number of carbonyl (C=O) groups is 1. The number of Topliss-reactive ketones (excluding diaryl/α,β-unsaturated/α-hetero) is 1. The number of rotatable bonds is 6. The van der Waals surface area contributed by atoms with E-state index in [9.17, 15) is 30.3 Å². The van der Waals surface area contributed by atoms with Crippen molar-refractivity contribution in [2.45, 2.75) is 37.1 Å². The molecule has 0 bridgehead atoms. The maximum absolute atomic E-state index is 12.4. The van der Waals surface area contributed by atoms with Crippen LogP contribution >= 0.6 is 0 Å². The van der Waals surface area contributed by atoms with Crippen LogP contribution in [0.25, 0.3) is 0 Å². The molecule has 150 valence electrons. The number of aliphatic hydroxyl groups excluding tert-OH is 4. The van der Waals surface area contributed by atoms with Gasteiger partial charge in [0.15, 0.2) is 5.78 Å². The highest BCUT2D eigenvalue weighted by molar-refractivity contribution is 6.00. The van der Waals surface area contributed by atoms with Gasteiger partial charge in [-0.05, 0) is 17.7 Å². The van der Waals surface area contributed by atoms with Crippen LogP contribution in [0.15, 0.2) is 48.5 Å². The summed E-state index contributed by atoms with van der Waals surface area (Å²) < 4.78 is 10.7. The van der Waals surface area contributed by atoms with Crippen molar-refractivity contribution in [2.75, 3.05) is 6.61 Å². The monoisotopic (exact) mass is 390 g/mol. The number of ether oxygens (including phenoxy) is 2. The van der Waals surface area contributed by atoms with Gasteiger partial charge >= 0.3 is 0 Å². The van der Waals surface area contributed by atoms with E-state index >= 15 is 0 Å². The first-order valence-electron chi connectivity index (χ1n) is 8.78. The number of aromatic hydroxyl groups is 1. The molecule has 2 aromatic carbocycles. The molecule has 0 aliphatic carbocycles. The number of phenolic OH excluding ortho intramolecular Hbond substituents is 1. The zero-order valence-electron chi connectivity index (χ0n) is 14.9. The fourth-order valence-corrected chi connectivity index (χ4v) is 3.00. The molecule has 5 atom stereocenters. The van der Waals surface area contributed by atoms with Gasteiger partial charge in [-0.2, -0.15) is 0 Å². The third kappa shape index (κ3) is 4.32. The standard InChI is InChI=1S/C20H22O8/c21-10-16-17(24)18(25)19(26)20(28-16)27-12-6-7-13(15(23)9-12)14(22)8-11-4-2-1-3-5-11/h1-7,9,16-21,23-26H,8,10H2/t16-,17-,18+,19-,20-/m0/s1. The second-order valence-corrected chi connectivity index (χ2v) is 6.58. The minimum absolute atomic E-state index is 0.0816. The van der Waals surface area contributed by atoms with Gasteiger partial charge in [-0.3, -0.25) is 4.79 Å². The molecule has 1 aliphatic rings. The maximum Gasteiger partial charge on any atom is 0.229 e. The molecule has 1 saturated heterocycles. The lowest BCUT2D eigenvalue weighted by atomic mass is 9.99. The average Bonchev–Trinajstić information content (AvgIpc) is 2.69. The minimum atomic E-state index is -1.57. The molecule has 0 amide bonds. The zero-order chi connectivity index (χ0) is 20.3. The van der Waals surface area contributed by atoms with Gasteiger partial charge < -0.3 is 35.0 Å². The summed E-state index contributed by atoms with van der Waals surface area (Å²) in [6, 6.07) is 13.1. The van der Waals surface area contributed by atoms with E-state index in [-0.39, 0.29) is 29.3 Å². The van der Waals surface area contributed by atoms with Gasteiger partial charge in [0.1, 0.15) is 35.9 Å². The summed E-state index contributed by atoms with van der Waals surface area (Å²) in [6.45, 7) is -0.580. The fourth-order valence-electron chi connectivity index (χ4n) is 3.00. The summed E-state index contributed by atoms with van der Waals surface area (Å²) in [4.78, 5) is 12.4. The summed E-state index contributed by atoms with van der Waals surface area (Å²) in [5, 5.41) is 49.0. The molecule has 0 saturated carbocycles. The molecule has 8 heteroatoms. The molecule has 0 radical (unpaired) electrons. The first-order chi connectivity index (χ1) is 13.4. The van der Waals surface area contributed by atoms with Crippen molar-refractivity contribution < 1.29 is 39.8 Å². The van der Waals surface area contributed by atoms with Gasteiger partial charge in [-0.1, -0.05) is 30.3 Å². The first kappa shape index (κ1) is 20.2. The van der Waals surface area contributed by atoms with Crippen molar-refractivity contribution in [1.82, 2.24) is 0 Å². The molecule has 1 fully saturated rings. The number of carbonyl (C=O) groups excluding carboxylic acids is 1. The van der Waals surface area contributed by atoms with Crippen molar-refractivity contribution in [3.05, 3.63) is 59.7 Å². The van der Waals surface area contributed by atoms with Crippen molar-refractivity contribution in [2.24, 2.45) is 0 Å². The quantitative estimate of drug-likeness (QED) is 0.435. The summed E-state index contributed by atoms with van der Waals surface area (Å²) in [6.07, 6.45) is -6.99. The number of hydrogen-bond acceptors (Lipinski definition) is 8. The van der Waals surface area contributed by atoms with E-state index in [2.05, 4.69) is 0 Å². The molecular formula is C20H22O8. The van der Waals surface area contributed by atoms with E-state index in [0.29, 0.717) is 0 Å². The van der Waals surface area contributed by atoms with Crippen molar-refractivity contribution in [3.8, 4) is 11.5 Å². The van der Waals surface area contributed by atoms with Crippen LogP contribution in [0.2, 0.25) is 0 Å². The van der Waals surface area contributed by atoms with Crippen LogP contribution in [0.3, 0.4) is 0 Å². The Morgan fingerprint density at radius 2 is 1.71 bits per heavy atom. The molecule has 28 heavy (non-hydrogen) atoms. The lowest BCUT2D eigenvalue weighted by Gasteiger charge is -2.39. The Balaban J connectivity index is 1.71. The Kier molecular flexibility index (Phi) is 6.28. The number of benzene rings is 2. The summed E-state index contributed by atoms with van der Waals surface area (Å²) in [7, 11) is 0. The average molecular weight is 390 g/mol. The Morgan fingerprint density at radius 1 is 1.00 bits per heavy atom. The molecule has 5 N–H and O–H groups in total. The third-order valence-electron chi connectivity index (χ3n) is 4.58. The van der Waals surface area contributed by atoms with E-state index in [1.54, 1.807) is 0 Å². The smallest absolute Gasteiger partial charge is 0.229 e. The van der Waals surface area contributed by atoms with Crippen LogP contribution in [0.1, 0.15) is 15.9 Å². The highest BCUT2D eigenvalue weighted by atomic mass is 16.7. The molecule has 0 unspecified atom stereocenters. The van der Waals surface area contributed by atoms with Gasteiger partial charge in [0, 0.05) is 12.5 Å². The van der Waals surface area contributed by atoms with Crippen molar-refractivity contribution in [3.63, 3.8) is 0 Å². The third-order valence-corrected chi connectivity index (χ3v) is 4.58. The van der Waals surface area contributed by atoms with E-state index < -0.39 is 37.3 Å². The molecule has 0 aromatic heterocycles. The normalized spacial score (nSPS) is 27.4. The predicted octanol–water partition coefficient (Wildman–Crippen LogP) is -0.00370. The molecule has 2 aromatic rings. The number of ketones is 1. The second-order valence-electron chi connectivity index (χ2n) is 6.58. The Labute approximate surface area is 161 Å². The maximum atomic E-state index is 12.4. The van der Waals surface area contributed by atoms with Gasteiger partial charge in [-0.25, -0.2) is 0 Å². The highest BCUT2D eigenvalue weighted by Gasteiger charge is 2.44. The molecule has 8 nitrogen and oxygen atoms in total. The van der Waals surface area contributed by atoms with E-state index in [4.69, 9.17) is 9.47 Å². The number of hydrogen-bond donors (Lipinski definition) is 5. The van der Waals surface area contributed by atoms with E-state index in [1.165, 1.54) is 18.2 Å². The van der Waals surface area contributed by atoms with Crippen molar-refractivity contribution in [1.29, 1.82) is 0 Å². The van der Waals surface area contributed by atoms with Crippen LogP contribution < -0.4 is 4.74 Å². The van der Waals surface area contributed by atoms with Crippen LogP contribution in [0.4, 0.5) is 0 Å². The second kappa shape index (κ2) is 8.68. The zero-order valence-corrected chi connectivity index (χ0v) is 14.9. The van der Waals surface area contributed by atoms with Crippen LogP contribution in [0, 0.1) is 0 Å². The molecule has 1 aliphatic heterocycles. The summed E-state index contributed by atoms with van der Waals surface area (Å²) >= 11 is 0. The van der Waals surface area contributed by atoms with Gasteiger partial charge in [-0.15, -0.1) is 0 Å². The Bertz CT molecular complexity index is 807. The van der Waals surface area contributed by atoms with Gasteiger partial charge in [0.05, 0.1) is 12.2 Å². The Morgan fingerprint density at radius 3 is 2.36 bits per heavy atom. The highest BCUT2D eigenvalue weighted by Crippen LogP contribution is 2.29. The fraction of sp³-hybridized carbons (Fsp3) is 0.350. The summed E-state index contributed by atoms with van der Waals surface area (Å²) in [5.41, 5.74) is 0.929. The molecule has 3 rings (SSSR count). The molecule has 0 spiro atoms. The SMILES string of the molecule is O=C(Cc1ccccc1)c1ccc(O[C@H]2O[C@@H](CO)[C@H](O)[C@@H](O)[C@@H]2O)cc1O. The van der Waals surface area contributed by atoms with Crippen LogP contribution in [-0.2, 0) is 11.2 Å². The topological polar surface area (TPSA) is 137 Å². The molecule has 1 heterocycles. The van der Waals surface area contributed by atoms with Crippen molar-refractivity contribution >= 4 is 5.78 Å². The van der Waals surface area contributed by atoms with Gasteiger partial charge in [0.2, 0.25) is 6.29 Å². The molecular weight excluding hydrogens is 368 g/mol. The lowest BCUT2D eigenvalue weighted by molar-refractivity contribution is -0.277. The van der Waals surface area contributed by atoms with E-state index in [1.807, 2.05) is 30.3 Å². The first-order valence-corrected chi connectivity index (χ1v) is 8.78. The Hall–Kier alpha value is -2.49. The number of phenols is 1. The van der Waals surface area contributed by atoms with Crippen LogP contribution in [0.5, 0.6) is 11.5 Å². The predicted molar refractivity (Wildman–Crippen MR) is 97.0 cm³/mol. The van der Waals surface area contributed by atoms with Gasteiger partial charge in [0.25, 0.3) is 0 Å². The lowest BCUT2D eigenvalue weighted by Crippen LogP contribution is -2.60.